The molecule has 0 radical (unpaired) electrons. The normalized spacial score (nSPS) is 8.83. The van der Waals surface area contributed by atoms with Crippen LogP contribution in [0.4, 0.5) is 0 Å². The van der Waals surface area contributed by atoms with Crippen molar-refractivity contribution in [2.75, 3.05) is 0 Å². The first-order valence-electron chi connectivity index (χ1n) is 1.49. The van der Waals surface area contributed by atoms with Gasteiger partial charge in [0, 0.05) is 0 Å². The molecule has 1 atom stereocenters. The fraction of sp³-hybridized carbons (Fsp3) is 0. The summed E-state index contributed by atoms with van der Waals surface area (Å²) in [5, 5.41) is 7.03. The third-order valence-corrected chi connectivity index (χ3v) is 0.703. The Morgan fingerprint density at radius 2 is 1.83 bits per heavy atom. The number of rotatable bonds is 0. The van der Waals surface area contributed by atoms with Crippen LogP contribution in [0.3, 0.4) is 0 Å². The molecule has 0 aliphatic heterocycles. The Hall–Kier alpha value is -0.430. The van der Waals surface area contributed by atoms with Crippen LogP contribution in [0.15, 0.2) is 12.7 Å². The molecule has 1 aromatic rings. The minimum atomic E-state index is 1.60. The lowest BCUT2D eigenvalue weighted by atomic mass is 11.3. The molecule has 0 spiro atoms. The Labute approximate surface area is 37.6 Å². The Kier molecular flexibility index (Phi) is 0.843. The zero-order valence-corrected chi connectivity index (χ0v) is 4.23. The molecule has 1 heterocycles. The van der Waals surface area contributed by atoms with Gasteiger partial charge in [-0.3, -0.25) is 0 Å². The van der Waals surface area contributed by atoms with Crippen molar-refractivity contribution in [1.82, 2.24) is 14.5 Å². The van der Waals surface area contributed by atoms with Gasteiger partial charge in [0.15, 0.2) is 0 Å². The Balaban J connectivity index is 3.05. The maximum Gasteiger partial charge on any atom is 0.122 e. The highest BCUT2D eigenvalue weighted by atomic mass is 31.0. The number of nitrogens with zero attached hydrogens (tertiary/aromatic N) is 3. The molecule has 0 saturated heterocycles. The molecule has 3 nitrogen and oxygen atoms in total. The van der Waals surface area contributed by atoms with Gasteiger partial charge in [0.2, 0.25) is 0 Å². The van der Waals surface area contributed by atoms with E-state index in [9.17, 15) is 0 Å². The molecule has 0 N–H and O–H groups in total. The Morgan fingerprint density at radius 1 is 1.33 bits per heavy atom. The molecule has 6 heavy (non-hydrogen) atoms. The molecule has 0 aliphatic rings. The fourth-order valence-electron chi connectivity index (χ4n) is 0.209. The zero-order valence-electron chi connectivity index (χ0n) is 3.07. The summed E-state index contributed by atoms with van der Waals surface area (Å²) in [6, 6.07) is 0. The summed E-state index contributed by atoms with van der Waals surface area (Å²) in [7, 11) is 2.41. The van der Waals surface area contributed by atoms with E-state index < -0.39 is 0 Å². The van der Waals surface area contributed by atoms with Crippen molar-refractivity contribution in [3.8, 4) is 0 Å². The highest BCUT2D eigenvalue weighted by Crippen LogP contribution is 1.84. The highest BCUT2D eigenvalue weighted by molar-refractivity contribution is 7.14. The van der Waals surface area contributed by atoms with Crippen molar-refractivity contribution in [2.24, 2.45) is 0 Å². The minimum absolute atomic E-state index is 1.60. The second-order valence-electron chi connectivity index (χ2n) is 0.909. The van der Waals surface area contributed by atoms with Gasteiger partial charge in [-0.1, -0.05) is 0 Å². The van der Waals surface area contributed by atoms with Crippen LogP contribution in [0.25, 0.3) is 0 Å². The topological polar surface area (TPSA) is 30.7 Å². The number of hydrogen-bond acceptors (Lipinski definition) is 2. The molecule has 0 saturated carbocycles. The number of aromatic nitrogens is 3. The standard InChI is InChI=1S/C2H4N3P/c6-5-1-3-4-2-5/h1-2H,6H2. The van der Waals surface area contributed by atoms with Crippen LogP contribution in [-0.4, -0.2) is 14.5 Å². The van der Waals surface area contributed by atoms with Crippen LogP contribution in [-0.2, 0) is 0 Å². The summed E-state index contributed by atoms with van der Waals surface area (Å²) >= 11 is 0. The van der Waals surface area contributed by atoms with Crippen LogP contribution < -0.4 is 0 Å². The summed E-state index contributed by atoms with van der Waals surface area (Å²) < 4.78 is 1.69. The maximum atomic E-state index is 3.51. The van der Waals surface area contributed by atoms with Gasteiger partial charge in [0.05, 0.1) is 0 Å². The lowest BCUT2D eigenvalue weighted by Crippen LogP contribution is -1.63. The van der Waals surface area contributed by atoms with E-state index in [0.29, 0.717) is 0 Å². The van der Waals surface area contributed by atoms with Crippen LogP contribution in [0.1, 0.15) is 0 Å². The van der Waals surface area contributed by atoms with Gasteiger partial charge in [-0.2, -0.15) is 0 Å². The van der Waals surface area contributed by atoms with Crippen molar-refractivity contribution >= 4 is 9.39 Å². The van der Waals surface area contributed by atoms with Crippen molar-refractivity contribution in [1.29, 1.82) is 0 Å². The Bertz CT molecular complexity index is 112. The molecule has 4 heteroatoms. The third kappa shape index (κ3) is 0.546. The SMILES string of the molecule is Pn1cnnc1. The van der Waals surface area contributed by atoms with E-state index >= 15 is 0 Å². The van der Waals surface area contributed by atoms with Gasteiger partial charge >= 0.3 is 0 Å². The molecule has 0 aliphatic carbocycles. The van der Waals surface area contributed by atoms with Gasteiger partial charge in [0.1, 0.15) is 12.7 Å². The van der Waals surface area contributed by atoms with Gasteiger partial charge in [-0.25, -0.2) is 0 Å². The van der Waals surface area contributed by atoms with E-state index in [2.05, 4.69) is 19.6 Å². The summed E-state index contributed by atoms with van der Waals surface area (Å²) in [4.78, 5) is 0. The van der Waals surface area contributed by atoms with Crippen LogP contribution in [0.5, 0.6) is 0 Å². The van der Waals surface area contributed by atoms with E-state index in [4.69, 9.17) is 0 Å². The van der Waals surface area contributed by atoms with E-state index in [1.165, 1.54) is 0 Å². The van der Waals surface area contributed by atoms with Gasteiger partial charge in [0.25, 0.3) is 0 Å². The van der Waals surface area contributed by atoms with Gasteiger partial charge in [-0.05, 0) is 9.39 Å². The predicted octanol–water partition coefficient (Wildman–Crippen LogP) is -0.0837. The summed E-state index contributed by atoms with van der Waals surface area (Å²) in [6.07, 6.45) is 3.20. The average Bonchev–Trinajstić information content (AvgIpc) is 1.86. The molecular formula is C2H4N3P. The zero-order chi connectivity index (χ0) is 4.41. The van der Waals surface area contributed by atoms with Crippen molar-refractivity contribution in [3.05, 3.63) is 12.7 Å². The molecule has 0 bridgehead atoms. The molecule has 1 rings (SSSR count). The molecule has 0 fully saturated rings. The first-order chi connectivity index (χ1) is 2.89. The predicted molar refractivity (Wildman–Crippen MR) is 25.1 cm³/mol. The average molecular weight is 101 g/mol. The van der Waals surface area contributed by atoms with E-state index in [1.807, 2.05) is 0 Å². The van der Waals surface area contributed by atoms with Crippen molar-refractivity contribution < 1.29 is 0 Å². The van der Waals surface area contributed by atoms with Crippen LogP contribution >= 0.6 is 9.39 Å². The minimum Gasteiger partial charge on any atom is -0.304 e. The molecular weight excluding hydrogens is 97.0 g/mol. The molecule has 0 aromatic carbocycles. The fourth-order valence-corrected chi connectivity index (χ4v) is 0.328. The monoisotopic (exact) mass is 101 g/mol. The molecule has 1 aromatic heterocycles. The third-order valence-electron chi connectivity index (χ3n) is 0.437. The lowest BCUT2D eigenvalue weighted by Gasteiger charge is -1.73. The molecule has 1 unspecified atom stereocenters. The first kappa shape index (κ1) is 3.75. The molecule has 32 valence electrons. The Morgan fingerprint density at radius 3 is 2.00 bits per heavy atom. The second-order valence-corrected chi connectivity index (χ2v) is 1.51. The van der Waals surface area contributed by atoms with Crippen molar-refractivity contribution in [3.63, 3.8) is 0 Å². The number of hydrogen-bond donors (Lipinski definition) is 0. The van der Waals surface area contributed by atoms with Crippen LogP contribution in [0.2, 0.25) is 0 Å². The van der Waals surface area contributed by atoms with E-state index in [-0.39, 0.29) is 0 Å². The summed E-state index contributed by atoms with van der Waals surface area (Å²) in [6.45, 7) is 0. The quantitative estimate of drug-likeness (QED) is 0.428. The molecule has 0 amide bonds. The van der Waals surface area contributed by atoms with Gasteiger partial charge in [-0.15, -0.1) is 10.2 Å². The van der Waals surface area contributed by atoms with E-state index in [1.54, 1.807) is 17.0 Å². The summed E-state index contributed by atoms with van der Waals surface area (Å²) in [5.41, 5.74) is 0. The maximum absolute atomic E-state index is 3.51. The smallest absolute Gasteiger partial charge is 0.122 e. The highest BCUT2D eigenvalue weighted by Gasteiger charge is 1.71. The van der Waals surface area contributed by atoms with Crippen LogP contribution in [0, 0.1) is 0 Å². The lowest BCUT2D eigenvalue weighted by molar-refractivity contribution is 1.09. The summed E-state index contributed by atoms with van der Waals surface area (Å²) in [5.74, 6) is 0. The first-order valence-corrected chi connectivity index (χ1v) is 2.01. The van der Waals surface area contributed by atoms with Crippen molar-refractivity contribution in [2.45, 2.75) is 0 Å². The second kappa shape index (κ2) is 1.35. The largest absolute Gasteiger partial charge is 0.304 e. The van der Waals surface area contributed by atoms with E-state index in [0.717, 1.165) is 0 Å². The van der Waals surface area contributed by atoms with Gasteiger partial charge < -0.3 is 4.34 Å².